The van der Waals surface area contributed by atoms with Crippen LogP contribution in [0.25, 0.3) is 16.8 Å². The average Bonchev–Trinajstić information content (AvgIpc) is 3.29. The second kappa shape index (κ2) is 10.8. The quantitative estimate of drug-likeness (QED) is 0.218. The molecule has 0 saturated carbocycles. The van der Waals surface area contributed by atoms with Crippen molar-refractivity contribution in [3.63, 3.8) is 0 Å². The zero-order valence-corrected chi connectivity index (χ0v) is 22.5. The van der Waals surface area contributed by atoms with Crippen molar-refractivity contribution in [2.45, 2.75) is 24.4 Å². The highest BCUT2D eigenvalue weighted by Gasteiger charge is 2.34. The summed E-state index contributed by atoms with van der Waals surface area (Å²) in [5.74, 6) is 6.66. The van der Waals surface area contributed by atoms with Crippen LogP contribution in [0.5, 0.6) is 0 Å². The molecule has 39 heavy (non-hydrogen) atoms. The fourth-order valence-electron chi connectivity index (χ4n) is 4.05. The summed E-state index contributed by atoms with van der Waals surface area (Å²) in [6, 6.07) is 18.3. The summed E-state index contributed by atoms with van der Waals surface area (Å²) in [6.07, 6.45) is -1.01. The van der Waals surface area contributed by atoms with Crippen molar-refractivity contribution >= 4 is 27.1 Å². The Morgan fingerprint density at radius 2 is 1.74 bits per heavy atom. The number of hydrogen-bond acceptors (Lipinski definition) is 6. The highest BCUT2D eigenvalue weighted by atomic mass is 35.5. The van der Waals surface area contributed by atoms with Gasteiger partial charge in [0.25, 0.3) is 0 Å². The van der Waals surface area contributed by atoms with Gasteiger partial charge in [0.1, 0.15) is 5.82 Å². The van der Waals surface area contributed by atoms with E-state index in [1.807, 2.05) is 12.1 Å². The third-order valence-corrected chi connectivity index (χ3v) is 7.43. The molecule has 0 bridgehead atoms. The third-order valence-electron chi connectivity index (χ3n) is 6.06. The second-order valence-corrected chi connectivity index (χ2v) is 11.3. The van der Waals surface area contributed by atoms with Crippen molar-refractivity contribution in [3.05, 3.63) is 107 Å². The molecule has 3 aromatic carbocycles. The number of nitrogens with zero attached hydrogens (tertiary/aromatic N) is 3. The van der Waals surface area contributed by atoms with E-state index in [4.69, 9.17) is 23.2 Å². The highest BCUT2D eigenvalue weighted by Crippen LogP contribution is 2.35. The monoisotopic (exact) mass is 575 g/mol. The number of benzene rings is 3. The minimum Gasteiger partial charge on any atom is -0.403 e. The lowest BCUT2D eigenvalue weighted by Crippen LogP contribution is -2.33. The van der Waals surface area contributed by atoms with Crippen LogP contribution in [0.4, 0.5) is 18.9 Å². The van der Waals surface area contributed by atoms with Gasteiger partial charge in [-0.1, -0.05) is 41.9 Å². The maximum absolute atomic E-state index is 13.4. The number of hydrogen-bond donors (Lipinski definition) is 2. The predicted octanol–water partition coefficient (Wildman–Crippen LogP) is 5.65. The van der Waals surface area contributed by atoms with Gasteiger partial charge in [0.15, 0.2) is 15.5 Å². The molecule has 1 heterocycles. The minimum atomic E-state index is -4.64. The Morgan fingerprint density at radius 1 is 1.08 bits per heavy atom. The Labute approximate surface area is 229 Å². The molecular weight excluding hydrogens is 551 g/mol. The third kappa shape index (κ3) is 6.27. The van der Waals surface area contributed by atoms with Crippen LogP contribution in [0.15, 0.2) is 89.7 Å². The molecule has 1 aromatic heterocycles. The van der Waals surface area contributed by atoms with E-state index >= 15 is 0 Å². The smallest absolute Gasteiger partial charge is 0.403 e. The first-order valence-electron chi connectivity index (χ1n) is 11.6. The SMILES string of the molecule is Cc1nc(C(F)(F)F)cn1-c1ccc(-c2cccc(S(C)(=O)=O)c2)cc1N(N)/C(=C\N)Cc1ccc(Cl)cc1. The lowest BCUT2D eigenvalue weighted by atomic mass is 10.0. The molecule has 7 nitrogen and oxygen atoms in total. The summed E-state index contributed by atoms with van der Waals surface area (Å²) in [5, 5.41) is 1.85. The first-order chi connectivity index (χ1) is 18.3. The lowest BCUT2D eigenvalue weighted by molar-refractivity contribution is -0.141. The fourth-order valence-corrected chi connectivity index (χ4v) is 4.84. The molecule has 0 aliphatic carbocycles. The predicted molar refractivity (Wildman–Crippen MR) is 146 cm³/mol. The molecule has 0 atom stereocenters. The number of alkyl halides is 3. The van der Waals surface area contributed by atoms with Crippen molar-refractivity contribution in [2.24, 2.45) is 11.6 Å². The van der Waals surface area contributed by atoms with Gasteiger partial charge in [-0.15, -0.1) is 0 Å². The number of halogens is 4. The van der Waals surface area contributed by atoms with Gasteiger partial charge in [0.2, 0.25) is 0 Å². The van der Waals surface area contributed by atoms with Gasteiger partial charge >= 0.3 is 6.18 Å². The Morgan fingerprint density at radius 3 is 2.33 bits per heavy atom. The number of rotatable bonds is 7. The second-order valence-electron chi connectivity index (χ2n) is 8.88. The molecule has 4 rings (SSSR count). The van der Waals surface area contributed by atoms with Crippen LogP contribution in [-0.2, 0) is 22.4 Å². The first-order valence-corrected chi connectivity index (χ1v) is 13.8. The molecule has 204 valence electrons. The molecule has 12 heteroatoms. The van der Waals surface area contributed by atoms with Crippen LogP contribution in [0.1, 0.15) is 17.1 Å². The lowest BCUT2D eigenvalue weighted by Gasteiger charge is -2.26. The van der Waals surface area contributed by atoms with E-state index in [2.05, 4.69) is 4.98 Å². The summed E-state index contributed by atoms with van der Waals surface area (Å²) in [6.45, 7) is 1.46. The van der Waals surface area contributed by atoms with Crippen LogP contribution in [-0.4, -0.2) is 24.2 Å². The molecule has 4 N–H and O–H groups in total. The molecule has 4 aromatic rings. The molecule has 0 radical (unpaired) electrons. The standard InChI is InChI=1S/C27H25ClF3N5O2S/c1-17-34-26(27(29,30)31)16-35(17)24-11-8-20(19-4-3-5-23(13-19)39(2,37)38)14-25(24)36(33)22(15-32)12-18-6-9-21(28)10-7-18/h3-11,13-16H,12,32-33H2,1-2H3/b22-15-. The van der Waals surface area contributed by atoms with Gasteiger partial charge in [-0.25, -0.2) is 19.2 Å². The fraction of sp³-hybridized carbons (Fsp3) is 0.148. The van der Waals surface area contributed by atoms with E-state index in [1.165, 1.54) is 34.8 Å². The van der Waals surface area contributed by atoms with Gasteiger partial charge in [-0.05, 0) is 60.0 Å². The van der Waals surface area contributed by atoms with Crippen LogP contribution in [0, 0.1) is 6.92 Å². The molecule has 0 aliphatic rings. The summed E-state index contributed by atoms with van der Waals surface area (Å²) in [7, 11) is -3.47. The van der Waals surface area contributed by atoms with Gasteiger partial charge in [0, 0.05) is 30.1 Å². The van der Waals surface area contributed by atoms with Gasteiger partial charge in [-0.2, -0.15) is 13.2 Å². The zero-order valence-electron chi connectivity index (χ0n) is 20.9. The number of imidazole rings is 1. The highest BCUT2D eigenvalue weighted by molar-refractivity contribution is 7.90. The van der Waals surface area contributed by atoms with E-state index in [0.717, 1.165) is 18.0 Å². The van der Waals surface area contributed by atoms with Gasteiger partial charge < -0.3 is 10.3 Å². The molecule has 0 saturated heterocycles. The van der Waals surface area contributed by atoms with Gasteiger partial charge in [-0.3, -0.25) is 5.01 Å². The largest absolute Gasteiger partial charge is 0.434 e. The summed E-state index contributed by atoms with van der Waals surface area (Å²) >= 11 is 5.99. The Hall–Kier alpha value is -3.80. The molecule has 0 spiro atoms. The van der Waals surface area contributed by atoms with Crippen molar-refractivity contribution < 1.29 is 21.6 Å². The number of anilines is 1. The zero-order chi connectivity index (χ0) is 28.5. The maximum Gasteiger partial charge on any atom is 0.434 e. The molecular formula is C27H25ClF3N5O2S. The van der Waals surface area contributed by atoms with Crippen LogP contribution < -0.4 is 16.6 Å². The van der Waals surface area contributed by atoms with Crippen molar-refractivity contribution in [1.29, 1.82) is 0 Å². The van der Waals surface area contributed by atoms with Crippen LogP contribution >= 0.6 is 11.6 Å². The minimum absolute atomic E-state index is 0.0970. The van der Waals surface area contributed by atoms with E-state index in [1.54, 1.807) is 42.5 Å². The van der Waals surface area contributed by atoms with E-state index < -0.39 is 21.7 Å². The maximum atomic E-state index is 13.4. The van der Waals surface area contributed by atoms with E-state index in [0.29, 0.717) is 39.6 Å². The topological polar surface area (TPSA) is 107 Å². The number of nitrogens with two attached hydrogens (primary N) is 2. The average molecular weight is 576 g/mol. The van der Waals surface area contributed by atoms with E-state index in [-0.39, 0.29) is 10.7 Å². The van der Waals surface area contributed by atoms with Gasteiger partial charge in [0.05, 0.1) is 22.0 Å². The van der Waals surface area contributed by atoms with Crippen LogP contribution in [0.3, 0.4) is 0 Å². The number of allylic oxidation sites excluding steroid dienone is 1. The Kier molecular flexibility index (Phi) is 7.78. The first kappa shape index (κ1) is 28.2. The van der Waals surface area contributed by atoms with Crippen molar-refractivity contribution in [3.8, 4) is 16.8 Å². The molecule has 0 unspecified atom stereocenters. The summed E-state index contributed by atoms with van der Waals surface area (Å²) < 4.78 is 65.8. The van der Waals surface area contributed by atoms with Crippen molar-refractivity contribution in [2.75, 3.05) is 11.3 Å². The number of aryl methyl sites for hydroxylation is 1. The molecule has 0 amide bonds. The molecule has 0 fully saturated rings. The number of sulfone groups is 1. The summed E-state index contributed by atoms with van der Waals surface area (Å²) in [4.78, 5) is 3.80. The normalized spacial score (nSPS) is 12.5. The van der Waals surface area contributed by atoms with Crippen molar-refractivity contribution in [1.82, 2.24) is 9.55 Å². The Bertz CT molecular complexity index is 1650. The number of aromatic nitrogens is 2. The summed E-state index contributed by atoms with van der Waals surface area (Å²) in [5.41, 5.74) is 8.00. The number of hydrazine groups is 1. The Balaban J connectivity index is 1.86. The van der Waals surface area contributed by atoms with E-state index in [9.17, 15) is 21.6 Å². The van der Waals surface area contributed by atoms with Crippen LogP contribution in [0.2, 0.25) is 5.02 Å². The molecule has 0 aliphatic heterocycles.